The van der Waals surface area contributed by atoms with E-state index in [0.29, 0.717) is 25.5 Å². The second-order valence-electron chi connectivity index (χ2n) is 16.3. The lowest BCUT2D eigenvalue weighted by Gasteiger charge is -2.25. The van der Waals surface area contributed by atoms with Crippen molar-refractivity contribution >= 4 is 5.97 Å². The average Bonchev–Trinajstić information content (AvgIpc) is 3.12. The quantitative estimate of drug-likeness (QED) is 0.0485. The number of hydrogen-bond acceptors (Lipinski definition) is 5. The predicted molar refractivity (Wildman–Crippen MR) is 223 cm³/mol. The van der Waals surface area contributed by atoms with Crippen molar-refractivity contribution < 1.29 is 19.7 Å². The van der Waals surface area contributed by atoms with Crippen LogP contribution in [0.3, 0.4) is 0 Å². The van der Waals surface area contributed by atoms with E-state index in [9.17, 15) is 15.0 Å². The zero-order chi connectivity index (χ0) is 37.5. The number of carbonyl (C=O) groups excluding carboxylic acids is 1. The molecule has 0 aromatic rings. The molecule has 51 heavy (non-hydrogen) atoms. The van der Waals surface area contributed by atoms with Gasteiger partial charge in [0.15, 0.2) is 0 Å². The van der Waals surface area contributed by atoms with Gasteiger partial charge >= 0.3 is 5.97 Å². The smallest absolute Gasteiger partial charge is 0.305 e. The molecule has 0 aromatic heterocycles. The van der Waals surface area contributed by atoms with Gasteiger partial charge in [-0.3, -0.25) is 4.79 Å². The van der Waals surface area contributed by atoms with Gasteiger partial charge in [-0.05, 0) is 50.5 Å². The standard InChI is InChI=1S/C46H93NO4/c1-5-9-13-17-23-32-43(30-21-11-7-3)33-25-19-15-16-20-28-38-47(39-29-40-48)42-45(49)35-26-27-36-46(50)51-41-37-44(31-22-12-8-4)34-24-18-14-10-6-2/h43-45,48-49H,5-42H2,1-4H3. The molecule has 3 unspecified atom stereocenters. The maximum atomic E-state index is 12.4. The molecule has 0 aromatic carbocycles. The third-order valence-electron chi connectivity index (χ3n) is 11.3. The maximum absolute atomic E-state index is 12.4. The monoisotopic (exact) mass is 724 g/mol. The summed E-state index contributed by atoms with van der Waals surface area (Å²) >= 11 is 0. The van der Waals surface area contributed by atoms with E-state index in [0.717, 1.165) is 51.1 Å². The zero-order valence-corrected chi connectivity index (χ0v) is 35.3. The predicted octanol–water partition coefficient (Wildman–Crippen LogP) is 13.4. The Labute approximate surface area is 320 Å². The second-order valence-corrected chi connectivity index (χ2v) is 16.3. The summed E-state index contributed by atoms with van der Waals surface area (Å²) < 4.78 is 5.64. The van der Waals surface area contributed by atoms with Crippen molar-refractivity contribution in [3.63, 3.8) is 0 Å². The highest BCUT2D eigenvalue weighted by Gasteiger charge is 2.14. The number of aliphatic hydroxyl groups excluding tert-OH is 2. The van der Waals surface area contributed by atoms with Crippen LogP contribution in [-0.4, -0.2) is 60.0 Å². The van der Waals surface area contributed by atoms with E-state index in [-0.39, 0.29) is 18.7 Å². The van der Waals surface area contributed by atoms with Crippen LogP contribution in [0.1, 0.15) is 240 Å². The first kappa shape index (κ1) is 50.4. The summed E-state index contributed by atoms with van der Waals surface area (Å²) in [5, 5.41) is 20.2. The van der Waals surface area contributed by atoms with E-state index in [1.807, 2.05) is 0 Å². The number of aliphatic hydroxyl groups is 2. The molecule has 0 saturated carbocycles. The van der Waals surface area contributed by atoms with Crippen LogP contribution in [0.15, 0.2) is 0 Å². The Hall–Kier alpha value is -0.650. The molecular weight excluding hydrogens is 631 g/mol. The van der Waals surface area contributed by atoms with Crippen LogP contribution in [-0.2, 0) is 9.53 Å². The molecule has 0 radical (unpaired) electrons. The van der Waals surface area contributed by atoms with Gasteiger partial charge in [0.05, 0.1) is 12.7 Å². The first-order valence-electron chi connectivity index (χ1n) is 23.2. The van der Waals surface area contributed by atoms with Crippen LogP contribution in [0.25, 0.3) is 0 Å². The number of ether oxygens (including phenoxy) is 1. The summed E-state index contributed by atoms with van der Waals surface area (Å²) in [5.41, 5.74) is 0. The summed E-state index contributed by atoms with van der Waals surface area (Å²) in [4.78, 5) is 14.8. The highest BCUT2D eigenvalue weighted by Crippen LogP contribution is 2.25. The number of carbonyl (C=O) groups is 1. The summed E-state index contributed by atoms with van der Waals surface area (Å²) in [6.45, 7) is 12.4. The van der Waals surface area contributed by atoms with Crippen molar-refractivity contribution in [2.75, 3.05) is 32.8 Å². The van der Waals surface area contributed by atoms with Crippen LogP contribution in [0.2, 0.25) is 0 Å². The average molecular weight is 724 g/mol. The van der Waals surface area contributed by atoms with Gasteiger partial charge in [0, 0.05) is 26.1 Å². The Kier molecular flexibility index (Phi) is 40.0. The lowest BCUT2D eigenvalue weighted by molar-refractivity contribution is -0.144. The van der Waals surface area contributed by atoms with E-state index in [2.05, 4.69) is 32.6 Å². The molecule has 0 rings (SSSR count). The fourth-order valence-electron chi connectivity index (χ4n) is 7.82. The van der Waals surface area contributed by atoms with E-state index < -0.39 is 0 Å². The largest absolute Gasteiger partial charge is 0.466 e. The molecule has 0 aliphatic rings. The zero-order valence-electron chi connectivity index (χ0n) is 35.3. The minimum Gasteiger partial charge on any atom is -0.466 e. The van der Waals surface area contributed by atoms with Crippen molar-refractivity contribution in [3.05, 3.63) is 0 Å². The van der Waals surface area contributed by atoms with Gasteiger partial charge in [0.1, 0.15) is 0 Å². The number of hydrogen-bond donors (Lipinski definition) is 2. The third kappa shape index (κ3) is 36.1. The Balaban J connectivity index is 4.18. The van der Waals surface area contributed by atoms with Gasteiger partial charge in [-0.15, -0.1) is 0 Å². The number of esters is 1. The highest BCUT2D eigenvalue weighted by molar-refractivity contribution is 5.69. The molecule has 0 spiro atoms. The number of unbranched alkanes of at least 4 members (excludes halogenated alkanes) is 18. The van der Waals surface area contributed by atoms with Gasteiger partial charge in [0.2, 0.25) is 0 Å². The Morgan fingerprint density at radius 2 is 0.882 bits per heavy atom. The molecule has 0 aliphatic carbocycles. The van der Waals surface area contributed by atoms with Crippen LogP contribution < -0.4 is 0 Å². The molecular formula is C46H93NO4. The molecule has 0 aliphatic heterocycles. The van der Waals surface area contributed by atoms with Gasteiger partial charge in [0.25, 0.3) is 0 Å². The lowest BCUT2D eigenvalue weighted by atomic mass is 9.89. The van der Waals surface area contributed by atoms with E-state index in [1.165, 1.54) is 173 Å². The van der Waals surface area contributed by atoms with E-state index in [1.54, 1.807) is 0 Å². The summed E-state index contributed by atoms with van der Waals surface area (Å²) in [5.74, 6) is 1.57. The van der Waals surface area contributed by atoms with Gasteiger partial charge in [-0.1, -0.05) is 201 Å². The van der Waals surface area contributed by atoms with E-state index >= 15 is 0 Å². The molecule has 0 fully saturated rings. The Bertz CT molecular complexity index is 688. The fraction of sp³-hybridized carbons (Fsp3) is 0.978. The normalized spacial score (nSPS) is 13.5. The number of nitrogens with zero attached hydrogens (tertiary/aromatic N) is 1. The SMILES string of the molecule is CCCCCCCC(CCCCC)CCCCCCCCN(CCCO)CC(O)CCCCC(=O)OCCC(CCCCC)CCCCCCC. The molecule has 5 heteroatoms. The van der Waals surface area contributed by atoms with Crippen LogP contribution in [0, 0.1) is 11.8 Å². The van der Waals surface area contributed by atoms with Gasteiger partial charge in [-0.2, -0.15) is 0 Å². The minimum absolute atomic E-state index is 0.0751. The second kappa shape index (κ2) is 40.5. The molecule has 0 heterocycles. The Morgan fingerprint density at radius 3 is 1.39 bits per heavy atom. The fourth-order valence-corrected chi connectivity index (χ4v) is 7.82. The van der Waals surface area contributed by atoms with Crippen LogP contribution >= 0.6 is 0 Å². The third-order valence-corrected chi connectivity index (χ3v) is 11.3. The van der Waals surface area contributed by atoms with E-state index in [4.69, 9.17) is 4.74 Å². The van der Waals surface area contributed by atoms with Gasteiger partial charge < -0.3 is 19.8 Å². The van der Waals surface area contributed by atoms with Crippen molar-refractivity contribution in [1.29, 1.82) is 0 Å². The Morgan fingerprint density at radius 1 is 0.490 bits per heavy atom. The van der Waals surface area contributed by atoms with Crippen LogP contribution in [0.5, 0.6) is 0 Å². The van der Waals surface area contributed by atoms with Crippen LogP contribution in [0.4, 0.5) is 0 Å². The molecule has 2 N–H and O–H groups in total. The summed E-state index contributed by atoms with van der Waals surface area (Å²) in [6.07, 6.45) is 40.6. The molecule has 5 nitrogen and oxygen atoms in total. The lowest BCUT2D eigenvalue weighted by Crippen LogP contribution is -2.34. The number of rotatable bonds is 42. The van der Waals surface area contributed by atoms with Crippen molar-refractivity contribution in [1.82, 2.24) is 4.90 Å². The summed E-state index contributed by atoms with van der Waals surface area (Å²) in [7, 11) is 0. The van der Waals surface area contributed by atoms with Crippen molar-refractivity contribution in [2.24, 2.45) is 11.8 Å². The van der Waals surface area contributed by atoms with Gasteiger partial charge in [-0.25, -0.2) is 0 Å². The summed E-state index contributed by atoms with van der Waals surface area (Å²) in [6, 6.07) is 0. The molecule has 0 bridgehead atoms. The van der Waals surface area contributed by atoms with Crippen molar-refractivity contribution in [2.45, 2.75) is 246 Å². The first-order chi connectivity index (χ1) is 25.0. The molecule has 3 atom stereocenters. The maximum Gasteiger partial charge on any atom is 0.305 e. The topological polar surface area (TPSA) is 70.0 Å². The minimum atomic E-state index is -0.377. The molecule has 0 saturated heterocycles. The molecule has 306 valence electrons. The highest BCUT2D eigenvalue weighted by atomic mass is 16.5. The first-order valence-corrected chi connectivity index (χ1v) is 23.2. The molecule has 0 amide bonds. The van der Waals surface area contributed by atoms with Crippen molar-refractivity contribution in [3.8, 4) is 0 Å².